The Kier molecular flexibility index (Phi) is 96.4. The summed E-state index contributed by atoms with van der Waals surface area (Å²) in [6.45, 7) is 18.5. The minimum absolute atomic E-state index is 0.976. The summed E-state index contributed by atoms with van der Waals surface area (Å²) in [5.41, 5.74) is 0. The molecule has 3 nitrogen and oxygen atoms in total. The summed E-state index contributed by atoms with van der Waals surface area (Å²) in [7, 11) is 8.16. The lowest BCUT2D eigenvalue weighted by Gasteiger charge is -2.15. The topological polar surface area (TPSA) is 19.4 Å². The minimum atomic E-state index is 0.976. The molecule has 0 aromatic carbocycles. The molecule has 0 fully saturated rings. The Morgan fingerprint density at radius 2 is 0.516 bits per heavy atom. The summed E-state index contributed by atoms with van der Waals surface area (Å²) < 4.78 is 0. The van der Waals surface area contributed by atoms with E-state index in [1.54, 1.807) is 10.8 Å². The predicted octanol–water partition coefficient (Wildman–Crippen LogP) is 31.3. The standard InChI is InChI=1S/C27H48N2S2.C22H45NS.2C19H38/c1-3-4-5-6-7-8-9-10-11-12-13-14-15-16-17-18-21-24-29(2)25-26-30-31-27-22-19-20-23-28-27;1-3-4-5-6-7-8-9-10-11-12-13-14-15-16-17-18-19-20-23(2)21-22-24;2*1-3-5-7-9-11-13-15-17-19-18-16-14-12-10-8-6-4-2/h10-11,19-20,22-23H,3-9,12-18,21,24-26H2,1-2H3;10-11,24H,3-9,12-22H2,1-2H3;2*17,19H,3-16,18H2,1-2H3/b2*11-10-;2*19-17-. The van der Waals surface area contributed by atoms with Crippen LogP contribution >= 0.6 is 34.2 Å². The van der Waals surface area contributed by atoms with Crippen LogP contribution in [-0.4, -0.2) is 66.6 Å². The van der Waals surface area contributed by atoms with E-state index in [0.29, 0.717) is 0 Å². The molecule has 0 aliphatic carbocycles. The van der Waals surface area contributed by atoms with Crippen LogP contribution < -0.4 is 0 Å². The lowest BCUT2D eigenvalue weighted by Crippen LogP contribution is -2.22. The largest absolute Gasteiger partial charge is 0.306 e. The third-order valence-corrected chi connectivity index (χ3v) is 20.6. The molecule has 1 aromatic heterocycles. The van der Waals surface area contributed by atoms with Gasteiger partial charge in [0.25, 0.3) is 0 Å². The molecule has 1 aromatic rings. The third kappa shape index (κ3) is 95.3. The average Bonchev–Trinajstić information content (AvgIpc) is 3.79. The number of pyridine rings is 1. The van der Waals surface area contributed by atoms with Crippen molar-refractivity contribution in [1.29, 1.82) is 0 Å². The highest BCUT2D eigenvalue weighted by molar-refractivity contribution is 8.76. The van der Waals surface area contributed by atoms with Gasteiger partial charge in [-0.15, -0.1) is 0 Å². The molecular weight excluding hydrogens is 1180 g/mol. The molecule has 0 saturated carbocycles. The molecule has 93 heavy (non-hydrogen) atoms. The maximum absolute atomic E-state index is 4.35. The molecule has 0 aliphatic heterocycles. The van der Waals surface area contributed by atoms with Gasteiger partial charge in [0.1, 0.15) is 5.03 Å². The molecule has 0 N–H and O–H groups in total. The maximum Gasteiger partial charge on any atom is 0.106 e. The summed E-state index contributed by atoms with van der Waals surface area (Å²) in [4.78, 5) is 9.22. The van der Waals surface area contributed by atoms with Crippen molar-refractivity contribution < 1.29 is 0 Å². The van der Waals surface area contributed by atoms with Gasteiger partial charge in [0.2, 0.25) is 0 Å². The maximum atomic E-state index is 4.35. The van der Waals surface area contributed by atoms with Crippen LogP contribution in [0, 0.1) is 0 Å². The van der Waals surface area contributed by atoms with Gasteiger partial charge in [0.05, 0.1) is 0 Å². The average molecular weight is 1350 g/mol. The van der Waals surface area contributed by atoms with E-state index >= 15 is 0 Å². The Hall–Kier alpha value is -0.920. The van der Waals surface area contributed by atoms with E-state index in [4.69, 9.17) is 0 Å². The van der Waals surface area contributed by atoms with Crippen LogP contribution in [0.15, 0.2) is 78.0 Å². The minimum Gasteiger partial charge on any atom is -0.306 e. The molecule has 0 spiro atoms. The Morgan fingerprint density at radius 3 is 0.742 bits per heavy atom. The van der Waals surface area contributed by atoms with Crippen LogP contribution in [0.4, 0.5) is 0 Å². The Morgan fingerprint density at radius 1 is 0.290 bits per heavy atom. The molecule has 0 aliphatic rings. The molecule has 1 rings (SSSR count). The Bertz CT molecular complexity index is 1490. The van der Waals surface area contributed by atoms with Crippen LogP contribution in [0.1, 0.15) is 427 Å². The summed E-state index contributed by atoms with van der Waals surface area (Å²) in [6.07, 6.45) is 105. The van der Waals surface area contributed by atoms with E-state index in [1.165, 1.54) is 398 Å². The summed E-state index contributed by atoms with van der Waals surface area (Å²) in [6, 6.07) is 6.10. The molecule has 0 saturated heterocycles. The number of aromatic nitrogens is 1. The van der Waals surface area contributed by atoms with Crippen molar-refractivity contribution >= 4 is 34.2 Å². The van der Waals surface area contributed by atoms with Gasteiger partial charge in [0, 0.05) is 30.8 Å². The predicted molar refractivity (Wildman–Crippen MR) is 439 cm³/mol. The van der Waals surface area contributed by atoms with Gasteiger partial charge in [-0.05, 0) is 166 Å². The van der Waals surface area contributed by atoms with E-state index < -0.39 is 0 Å². The number of allylic oxidation sites excluding steroid dienone is 8. The van der Waals surface area contributed by atoms with Crippen molar-refractivity contribution in [3.05, 3.63) is 73.0 Å². The van der Waals surface area contributed by atoms with Crippen molar-refractivity contribution in [2.75, 3.05) is 51.8 Å². The number of thiol groups is 1. The van der Waals surface area contributed by atoms with Crippen LogP contribution in [0.3, 0.4) is 0 Å². The van der Waals surface area contributed by atoms with Crippen LogP contribution in [0.5, 0.6) is 0 Å². The van der Waals surface area contributed by atoms with Gasteiger partial charge in [-0.2, -0.15) is 12.6 Å². The number of unbranched alkanes of at least 4 members (excludes halogenated alkanes) is 52. The third-order valence-electron chi connectivity index (χ3n) is 18.2. The molecular formula is C87H169N3S3. The van der Waals surface area contributed by atoms with Crippen LogP contribution in [0.25, 0.3) is 0 Å². The summed E-state index contributed by atoms with van der Waals surface area (Å²) in [5, 5.41) is 1.11. The van der Waals surface area contributed by atoms with E-state index in [0.717, 1.165) is 29.6 Å². The van der Waals surface area contributed by atoms with E-state index in [-0.39, 0.29) is 0 Å². The van der Waals surface area contributed by atoms with Crippen molar-refractivity contribution in [3.63, 3.8) is 0 Å². The molecule has 550 valence electrons. The van der Waals surface area contributed by atoms with E-state index in [9.17, 15) is 0 Å². The molecule has 0 bridgehead atoms. The smallest absolute Gasteiger partial charge is 0.106 e. The van der Waals surface area contributed by atoms with E-state index in [2.05, 4.69) is 144 Å². The van der Waals surface area contributed by atoms with Gasteiger partial charge < -0.3 is 9.80 Å². The molecule has 0 atom stereocenters. The fourth-order valence-electron chi connectivity index (χ4n) is 11.7. The molecule has 6 heteroatoms. The van der Waals surface area contributed by atoms with Crippen LogP contribution in [-0.2, 0) is 0 Å². The normalized spacial score (nSPS) is 11.6. The van der Waals surface area contributed by atoms with Crippen molar-refractivity contribution in [2.45, 2.75) is 432 Å². The molecule has 0 unspecified atom stereocenters. The van der Waals surface area contributed by atoms with Crippen molar-refractivity contribution in [1.82, 2.24) is 14.8 Å². The van der Waals surface area contributed by atoms with Crippen LogP contribution in [0.2, 0.25) is 0 Å². The highest BCUT2D eigenvalue weighted by Crippen LogP contribution is 2.28. The lowest BCUT2D eigenvalue weighted by atomic mass is 10.1. The monoisotopic (exact) mass is 1350 g/mol. The number of hydrogen-bond acceptors (Lipinski definition) is 6. The second kappa shape index (κ2) is 93.1. The Labute approximate surface area is 601 Å². The van der Waals surface area contributed by atoms with Crippen molar-refractivity contribution in [3.8, 4) is 0 Å². The second-order valence-electron chi connectivity index (χ2n) is 27.9. The summed E-state index contributed by atoms with van der Waals surface area (Å²) in [5.74, 6) is 2.13. The highest BCUT2D eigenvalue weighted by atomic mass is 33.1. The zero-order chi connectivity index (χ0) is 68.0. The molecule has 0 amide bonds. The first-order valence-corrected chi connectivity index (χ1v) is 44.7. The fourth-order valence-corrected chi connectivity index (χ4v) is 14.0. The van der Waals surface area contributed by atoms with E-state index in [1.807, 2.05) is 23.1 Å². The number of rotatable bonds is 71. The summed E-state index contributed by atoms with van der Waals surface area (Å²) >= 11 is 4.27. The number of nitrogens with zero attached hydrogens (tertiary/aromatic N) is 3. The fraction of sp³-hybridized carbons (Fsp3) is 0.851. The molecule has 0 radical (unpaired) electrons. The zero-order valence-corrected chi connectivity index (χ0v) is 67.2. The van der Waals surface area contributed by atoms with Gasteiger partial charge in [-0.3, -0.25) is 0 Å². The number of hydrogen-bond donors (Lipinski definition) is 1. The van der Waals surface area contributed by atoms with Gasteiger partial charge in [-0.25, -0.2) is 4.98 Å². The van der Waals surface area contributed by atoms with Gasteiger partial charge >= 0.3 is 0 Å². The first kappa shape index (κ1) is 96.3. The zero-order valence-electron chi connectivity index (χ0n) is 64.7. The quantitative estimate of drug-likeness (QED) is 0.0302. The highest BCUT2D eigenvalue weighted by Gasteiger charge is 2.02. The second-order valence-corrected chi connectivity index (χ2v) is 30.7. The van der Waals surface area contributed by atoms with Gasteiger partial charge in [-0.1, -0.05) is 377 Å². The first-order valence-electron chi connectivity index (χ1n) is 41.7. The lowest BCUT2D eigenvalue weighted by molar-refractivity contribution is 0.343. The van der Waals surface area contributed by atoms with Crippen molar-refractivity contribution in [2.24, 2.45) is 0 Å². The first-order chi connectivity index (χ1) is 46.0. The Balaban J connectivity index is -0.00000119. The van der Waals surface area contributed by atoms with Gasteiger partial charge in [0.15, 0.2) is 0 Å². The SMILES string of the molecule is CCCCCCCC/C=C\CCCCCCCCC.CCCCCCCC/C=C\CCCCCCCCC.CCCCCCCC/C=C\CCCCCCCCCN(C)CCS.CCCCCCCC/C=C\CCCCCCCCCN(C)CCSSc1ccccn1. The molecule has 1 heterocycles.